The van der Waals surface area contributed by atoms with Crippen LogP contribution in [-0.2, 0) is 11.3 Å². The molecule has 1 aromatic carbocycles. The molecule has 2 aliphatic rings. The summed E-state index contributed by atoms with van der Waals surface area (Å²) < 4.78 is 34.5. The molecular formula is C30H47F2NOSi. The van der Waals surface area contributed by atoms with Gasteiger partial charge in [-0.1, -0.05) is 71.9 Å². The van der Waals surface area contributed by atoms with Gasteiger partial charge in [0.05, 0.1) is 18.6 Å². The van der Waals surface area contributed by atoms with E-state index >= 15 is 0 Å². The fourth-order valence-corrected chi connectivity index (χ4v) is 11.8. The van der Waals surface area contributed by atoms with Gasteiger partial charge in [-0.25, -0.2) is 8.78 Å². The normalized spacial score (nSPS) is 23.1. The van der Waals surface area contributed by atoms with Gasteiger partial charge in [0, 0.05) is 19.4 Å². The standard InChI is InChI=1S/C30H47F2NOSi/c1-24(2)35(25(3)4,26(5)6)19-11-10-12-27-15-17-33(18-16-27)22-29(21-30(29,31)32)23-34-20-28-13-8-7-9-14-28/h7-9,13-14,24-27H,10,12,15-18,20-23H2,1-6H3/t29-/m1/s1. The zero-order chi connectivity index (χ0) is 25.7. The third kappa shape index (κ3) is 6.76. The van der Waals surface area contributed by atoms with Crippen LogP contribution in [0.5, 0.6) is 0 Å². The summed E-state index contributed by atoms with van der Waals surface area (Å²) in [6, 6.07) is 9.81. The van der Waals surface area contributed by atoms with Crippen molar-refractivity contribution in [3.63, 3.8) is 0 Å². The third-order valence-corrected chi connectivity index (χ3v) is 15.1. The molecule has 1 aliphatic heterocycles. The highest BCUT2D eigenvalue weighted by atomic mass is 28.3. The number of alkyl halides is 2. The Morgan fingerprint density at radius 2 is 1.57 bits per heavy atom. The van der Waals surface area contributed by atoms with Crippen molar-refractivity contribution in [3.05, 3.63) is 35.9 Å². The smallest absolute Gasteiger partial charge is 0.258 e. The van der Waals surface area contributed by atoms with Crippen LogP contribution in [0.3, 0.4) is 0 Å². The fraction of sp³-hybridized carbons (Fsp3) is 0.733. The highest BCUT2D eigenvalue weighted by molar-refractivity contribution is 6.90. The summed E-state index contributed by atoms with van der Waals surface area (Å²) in [5.74, 6) is 1.67. The lowest BCUT2D eigenvalue weighted by atomic mass is 9.91. The van der Waals surface area contributed by atoms with Gasteiger partial charge in [-0.05, 0) is 60.5 Å². The zero-order valence-corrected chi connectivity index (χ0v) is 23.9. The molecule has 3 rings (SSSR count). The van der Waals surface area contributed by atoms with E-state index in [1.54, 1.807) is 0 Å². The highest BCUT2D eigenvalue weighted by Crippen LogP contribution is 2.61. The van der Waals surface area contributed by atoms with E-state index in [2.05, 4.69) is 57.9 Å². The Labute approximate surface area is 214 Å². The number of likely N-dealkylation sites (tertiary alicyclic amines) is 1. The SMILES string of the molecule is CC(C)[Si](C#CCCC1CCN(C[C@@]2(COCc3ccccc3)CC2(F)F)CC1)(C(C)C)C(C)C. The van der Waals surface area contributed by atoms with Gasteiger partial charge < -0.3 is 9.64 Å². The lowest BCUT2D eigenvalue weighted by Crippen LogP contribution is -2.43. The predicted octanol–water partition coefficient (Wildman–Crippen LogP) is 7.94. The molecule has 0 spiro atoms. The molecule has 2 fully saturated rings. The molecule has 1 aliphatic carbocycles. The molecule has 0 amide bonds. The number of ether oxygens (including phenoxy) is 1. The number of hydrogen-bond donors (Lipinski definition) is 0. The van der Waals surface area contributed by atoms with Crippen LogP contribution < -0.4 is 0 Å². The number of nitrogens with zero attached hydrogens (tertiary/aromatic N) is 1. The second kappa shape index (κ2) is 11.9. The molecule has 1 aromatic rings. The van der Waals surface area contributed by atoms with Crippen molar-refractivity contribution in [2.24, 2.45) is 11.3 Å². The largest absolute Gasteiger partial charge is 0.376 e. The van der Waals surface area contributed by atoms with Crippen LogP contribution in [0.15, 0.2) is 30.3 Å². The summed E-state index contributed by atoms with van der Waals surface area (Å²) in [6.45, 7) is 17.0. The molecule has 0 aromatic heterocycles. The van der Waals surface area contributed by atoms with Gasteiger partial charge in [0.15, 0.2) is 0 Å². The minimum Gasteiger partial charge on any atom is -0.376 e. The van der Waals surface area contributed by atoms with Gasteiger partial charge in [0.2, 0.25) is 0 Å². The molecule has 35 heavy (non-hydrogen) atoms. The number of halogens is 2. The van der Waals surface area contributed by atoms with Crippen molar-refractivity contribution >= 4 is 8.07 Å². The Hall–Kier alpha value is -1.22. The molecule has 0 N–H and O–H groups in total. The van der Waals surface area contributed by atoms with Crippen molar-refractivity contribution in [1.82, 2.24) is 4.90 Å². The van der Waals surface area contributed by atoms with Crippen molar-refractivity contribution in [3.8, 4) is 11.5 Å². The van der Waals surface area contributed by atoms with Gasteiger partial charge in [-0.15, -0.1) is 11.5 Å². The zero-order valence-electron chi connectivity index (χ0n) is 22.9. The van der Waals surface area contributed by atoms with Crippen LogP contribution in [0.4, 0.5) is 8.78 Å². The van der Waals surface area contributed by atoms with Crippen molar-refractivity contribution in [2.75, 3.05) is 26.2 Å². The summed E-state index contributed by atoms with van der Waals surface area (Å²) in [6.07, 6.45) is 4.25. The van der Waals surface area contributed by atoms with Crippen molar-refractivity contribution in [2.45, 2.75) is 103 Å². The first kappa shape index (κ1) is 28.3. The van der Waals surface area contributed by atoms with Gasteiger partial charge in [-0.2, -0.15) is 0 Å². The minimum atomic E-state index is -2.60. The molecule has 1 saturated carbocycles. The number of piperidine rings is 1. The molecule has 0 bridgehead atoms. The molecule has 1 heterocycles. The van der Waals surface area contributed by atoms with Crippen LogP contribution in [0, 0.1) is 22.8 Å². The molecule has 1 saturated heterocycles. The van der Waals surface area contributed by atoms with E-state index in [1.165, 1.54) is 0 Å². The van der Waals surface area contributed by atoms with E-state index in [0.29, 0.717) is 35.7 Å². The van der Waals surface area contributed by atoms with Crippen LogP contribution in [0.2, 0.25) is 16.6 Å². The molecule has 2 nitrogen and oxygen atoms in total. The first-order valence-electron chi connectivity index (χ1n) is 13.7. The minimum absolute atomic E-state index is 0.0441. The Balaban J connectivity index is 1.44. The predicted molar refractivity (Wildman–Crippen MR) is 145 cm³/mol. The summed E-state index contributed by atoms with van der Waals surface area (Å²) in [5.41, 5.74) is 5.88. The van der Waals surface area contributed by atoms with Crippen LogP contribution in [-0.4, -0.2) is 45.1 Å². The summed E-state index contributed by atoms with van der Waals surface area (Å²) >= 11 is 0. The van der Waals surface area contributed by atoms with Gasteiger partial charge in [-0.3, -0.25) is 0 Å². The topological polar surface area (TPSA) is 12.5 Å². The van der Waals surface area contributed by atoms with Gasteiger partial charge >= 0.3 is 0 Å². The van der Waals surface area contributed by atoms with Crippen LogP contribution >= 0.6 is 0 Å². The maximum Gasteiger partial charge on any atom is 0.258 e. The molecular weight excluding hydrogens is 456 g/mol. The molecule has 1 atom stereocenters. The van der Waals surface area contributed by atoms with Crippen LogP contribution in [0.1, 0.15) is 79.2 Å². The van der Waals surface area contributed by atoms with Gasteiger partial charge in [0.1, 0.15) is 8.07 Å². The van der Waals surface area contributed by atoms with E-state index in [9.17, 15) is 8.78 Å². The molecule has 5 heteroatoms. The third-order valence-electron chi connectivity index (χ3n) is 8.78. The highest BCUT2D eigenvalue weighted by Gasteiger charge is 2.71. The van der Waals surface area contributed by atoms with Crippen LogP contribution in [0.25, 0.3) is 0 Å². The van der Waals surface area contributed by atoms with E-state index < -0.39 is 19.4 Å². The van der Waals surface area contributed by atoms with Crippen molar-refractivity contribution < 1.29 is 13.5 Å². The molecule has 196 valence electrons. The summed E-state index contributed by atoms with van der Waals surface area (Å²) in [5, 5.41) is 0. The first-order valence-corrected chi connectivity index (χ1v) is 16.0. The Kier molecular flexibility index (Phi) is 9.62. The Bertz CT molecular complexity index is 830. The number of rotatable bonds is 11. The average molecular weight is 504 g/mol. The van der Waals surface area contributed by atoms with Crippen molar-refractivity contribution in [1.29, 1.82) is 0 Å². The number of hydrogen-bond acceptors (Lipinski definition) is 2. The second-order valence-corrected chi connectivity index (χ2v) is 17.7. The molecule has 0 unspecified atom stereocenters. The Morgan fingerprint density at radius 3 is 2.09 bits per heavy atom. The summed E-state index contributed by atoms with van der Waals surface area (Å²) in [4.78, 5) is 2.25. The van der Waals surface area contributed by atoms with E-state index in [0.717, 1.165) is 44.3 Å². The maximum absolute atomic E-state index is 14.4. The quantitative estimate of drug-likeness (QED) is 0.224. The van der Waals surface area contributed by atoms with Gasteiger partial charge in [0.25, 0.3) is 5.92 Å². The van der Waals surface area contributed by atoms with E-state index in [-0.39, 0.29) is 13.0 Å². The number of benzene rings is 1. The monoisotopic (exact) mass is 503 g/mol. The summed E-state index contributed by atoms with van der Waals surface area (Å²) in [7, 11) is -1.64. The van der Waals surface area contributed by atoms with E-state index in [1.807, 2.05) is 30.3 Å². The second-order valence-electron chi connectivity index (χ2n) is 12.1. The fourth-order valence-electron chi connectivity index (χ4n) is 6.48. The molecule has 0 radical (unpaired) electrons. The maximum atomic E-state index is 14.4. The van der Waals surface area contributed by atoms with E-state index in [4.69, 9.17) is 4.74 Å². The lowest BCUT2D eigenvalue weighted by molar-refractivity contribution is -0.0162. The lowest BCUT2D eigenvalue weighted by Gasteiger charge is -2.38. The Morgan fingerprint density at radius 1 is 1.00 bits per heavy atom. The first-order chi connectivity index (χ1) is 16.5. The average Bonchev–Trinajstić information content (AvgIpc) is 3.34.